The molecule has 2 rings (SSSR count). The van der Waals surface area contributed by atoms with E-state index in [0.717, 1.165) is 0 Å². The maximum Gasteiger partial charge on any atom is 0.387 e. The number of fused-ring (bicyclic) bond motifs is 1. The lowest BCUT2D eigenvalue weighted by Gasteiger charge is -2.06. The Hall–Kier alpha value is -2.01. The van der Waals surface area contributed by atoms with E-state index in [4.69, 9.17) is 10.3 Å². The fourth-order valence-electron chi connectivity index (χ4n) is 1.51. The van der Waals surface area contributed by atoms with Crippen molar-refractivity contribution in [1.29, 1.82) is 0 Å². The average Bonchev–Trinajstić information content (AvgIpc) is 2.61. The summed E-state index contributed by atoms with van der Waals surface area (Å²) < 4.78 is 33.3. The van der Waals surface area contributed by atoms with E-state index in [1.165, 1.54) is 12.1 Å². The lowest BCUT2D eigenvalue weighted by molar-refractivity contribution is -0.0499. The van der Waals surface area contributed by atoms with Crippen molar-refractivity contribution in [2.24, 2.45) is 5.11 Å². The number of nitrogens with zero attached hydrogens (tertiary/aromatic N) is 3. The van der Waals surface area contributed by atoms with Crippen LogP contribution in [0.25, 0.3) is 10.4 Å². The highest BCUT2D eigenvalue weighted by atomic mass is 19.3. The molecule has 0 radical (unpaired) electrons. The zero-order valence-corrected chi connectivity index (χ0v) is 8.01. The molecular formula is C9H7F2N3O2. The summed E-state index contributed by atoms with van der Waals surface area (Å²) in [5.41, 5.74) is 8.98. The van der Waals surface area contributed by atoms with Crippen LogP contribution in [0.1, 0.15) is 11.6 Å². The fraction of sp³-hybridized carbons (Fsp3) is 0.333. The van der Waals surface area contributed by atoms with E-state index >= 15 is 0 Å². The molecule has 1 aliphatic rings. The zero-order chi connectivity index (χ0) is 11.5. The van der Waals surface area contributed by atoms with Gasteiger partial charge in [0.05, 0.1) is 0 Å². The van der Waals surface area contributed by atoms with Crippen LogP contribution >= 0.6 is 0 Å². The molecule has 0 bridgehead atoms. The van der Waals surface area contributed by atoms with Crippen LogP contribution in [0, 0.1) is 0 Å². The topological polar surface area (TPSA) is 67.2 Å². The van der Waals surface area contributed by atoms with Gasteiger partial charge in [-0.15, -0.1) is 0 Å². The number of halogens is 2. The standard InChI is InChI=1S/C9H7F2N3O2/c10-9(11)16-5-1-2-6-7(13-14-12)4-15-8(6)3-5/h1-3,7,9H,4H2. The monoisotopic (exact) mass is 227 g/mol. The van der Waals surface area contributed by atoms with Crippen LogP contribution in [0.2, 0.25) is 0 Å². The molecule has 5 nitrogen and oxygen atoms in total. The molecule has 7 heteroatoms. The summed E-state index contributed by atoms with van der Waals surface area (Å²) in [6.45, 7) is -2.65. The summed E-state index contributed by atoms with van der Waals surface area (Å²) in [6, 6.07) is 3.90. The highest BCUT2D eigenvalue weighted by molar-refractivity contribution is 5.45. The number of azide groups is 1. The molecule has 1 heterocycles. The SMILES string of the molecule is [N-]=[N+]=NC1COc2cc(OC(F)F)ccc21. The number of hydrogen-bond acceptors (Lipinski definition) is 3. The van der Waals surface area contributed by atoms with Crippen LogP contribution < -0.4 is 9.47 Å². The summed E-state index contributed by atoms with van der Waals surface area (Å²) in [7, 11) is 0. The second-order valence-corrected chi connectivity index (χ2v) is 3.11. The Morgan fingerprint density at radius 3 is 3.06 bits per heavy atom. The smallest absolute Gasteiger partial charge is 0.387 e. The maximum atomic E-state index is 11.9. The Morgan fingerprint density at radius 2 is 2.38 bits per heavy atom. The minimum Gasteiger partial charge on any atom is -0.492 e. The minimum absolute atomic E-state index is 0.0235. The van der Waals surface area contributed by atoms with Crippen LogP contribution in [-0.2, 0) is 0 Å². The van der Waals surface area contributed by atoms with Gasteiger partial charge in [0.15, 0.2) is 0 Å². The molecule has 1 unspecified atom stereocenters. The number of rotatable bonds is 3. The van der Waals surface area contributed by atoms with E-state index < -0.39 is 12.7 Å². The third kappa shape index (κ3) is 1.99. The Labute approximate surface area is 89.2 Å². The summed E-state index contributed by atoms with van der Waals surface area (Å²) in [6.07, 6.45) is 0. The second-order valence-electron chi connectivity index (χ2n) is 3.11. The Bertz CT molecular complexity index is 446. The molecule has 1 aliphatic heterocycles. The molecule has 1 aromatic carbocycles. The first kappa shape index (κ1) is 10.5. The third-order valence-corrected chi connectivity index (χ3v) is 2.16. The highest BCUT2D eigenvalue weighted by Gasteiger charge is 2.23. The van der Waals surface area contributed by atoms with Crippen LogP contribution in [0.5, 0.6) is 11.5 Å². The Morgan fingerprint density at radius 1 is 1.56 bits per heavy atom. The molecule has 0 aliphatic carbocycles. The van der Waals surface area contributed by atoms with Gasteiger partial charge in [0.1, 0.15) is 24.1 Å². The van der Waals surface area contributed by atoms with E-state index in [-0.39, 0.29) is 12.4 Å². The molecule has 0 N–H and O–H groups in total. The van der Waals surface area contributed by atoms with Gasteiger partial charge in [0.25, 0.3) is 0 Å². The number of hydrogen-bond donors (Lipinski definition) is 0. The van der Waals surface area contributed by atoms with Gasteiger partial charge >= 0.3 is 6.61 Å². The van der Waals surface area contributed by atoms with E-state index in [1.54, 1.807) is 6.07 Å². The fourth-order valence-corrected chi connectivity index (χ4v) is 1.51. The number of ether oxygens (including phenoxy) is 2. The Kier molecular flexibility index (Phi) is 2.78. The average molecular weight is 227 g/mol. The summed E-state index contributed by atoms with van der Waals surface area (Å²) in [5, 5.41) is 3.52. The van der Waals surface area contributed by atoms with Crippen molar-refractivity contribution in [2.45, 2.75) is 12.7 Å². The van der Waals surface area contributed by atoms with Crippen LogP contribution in [0.15, 0.2) is 23.3 Å². The maximum absolute atomic E-state index is 11.9. The molecule has 1 atom stereocenters. The van der Waals surface area contributed by atoms with Crippen LogP contribution in [-0.4, -0.2) is 13.2 Å². The molecular weight excluding hydrogens is 220 g/mol. The first-order chi connectivity index (χ1) is 7.70. The van der Waals surface area contributed by atoms with Gasteiger partial charge in [0, 0.05) is 16.5 Å². The zero-order valence-electron chi connectivity index (χ0n) is 8.01. The van der Waals surface area contributed by atoms with Gasteiger partial charge < -0.3 is 9.47 Å². The Balaban J connectivity index is 2.25. The quantitative estimate of drug-likeness (QED) is 0.452. The summed E-state index contributed by atoms with van der Waals surface area (Å²) in [5.74, 6) is 0.436. The molecule has 0 fully saturated rings. The molecule has 0 aromatic heterocycles. The normalized spacial score (nSPS) is 17.6. The summed E-state index contributed by atoms with van der Waals surface area (Å²) in [4.78, 5) is 2.68. The van der Waals surface area contributed by atoms with Crippen molar-refractivity contribution in [1.82, 2.24) is 0 Å². The van der Waals surface area contributed by atoms with Crippen molar-refractivity contribution in [3.63, 3.8) is 0 Å². The van der Waals surface area contributed by atoms with Crippen LogP contribution in [0.3, 0.4) is 0 Å². The van der Waals surface area contributed by atoms with Gasteiger partial charge in [0.2, 0.25) is 0 Å². The predicted molar refractivity (Wildman–Crippen MR) is 50.5 cm³/mol. The molecule has 84 valence electrons. The van der Waals surface area contributed by atoms with E-state index in [0.29, 0.717) is 11.3 Å². The first-order valence-electron chi connectivity index (χ1n) is 4.46. The van der Waals surface area contributed by atoms with Crippen molar-refractivity contribution >= 4 is 0 Å². The van der Waals surface area contributed by atoms with Crippen LogP contribution in [0.4, 0.5) is 8.78 Å². The highest BCUT2D eigenvalue weighted by Crippen LogP contribution is 2.37. The minimum atomic E-state index is -2.87. The third-order valence-electron chi connectivity index (χ3n) is 2.16. The molecule has 0 amide bonds. The van der Waals surface area contributed by atoms with Crippen molar-refractivity contribution < 1.29 is 18.3 Å². The predicted octanol–water partition coefficient (Wildman–Crippen LogP) is 3.03. The lowest BCUT2D eigenvalue weighted by Crippen LogP contribution is -2.01. The molecule has 0 saturated heterocycles. The van der Waals surface area contributed by atoms with Gasteiger partial charge in [-0.3, -0.25) is 0 Å². The number of alkyl halides is 2. The van der Waals surface area contributed by atoms with E-state index in [2.05, 4.69) is 14.8 Å². The number of benzene rings is 1. The first-order valence-corrected chi connectivity index (χ1v) is 4.46. The molecule has 16 heavy (non-hydrogen) atoms. The van der Waals surface area contributed by atoms with Gasteiger partial charge in [-0.25, -0.2) is 0 Å². The van der Waals surface area contributed by atoms with E-state index in [9.17, 15) is 8.78 Å². The molecule has 0 spiro atoms. The lowest BCUT2D eigenvalue weighted by atomic mass is 10.1. The van der Waals surface area contributed by atoms with E-state index in [1.807, 2.05) is 0 Å². The van der Waals surface area contributed by atoms with Gasteiger partial charge in [-0.2, -0.15) is 8.78 Å². The molecule has 0 saturated carbocycles. The largest absolute Gasteiger partial charge is 0.492 e. The van der Waals surface area contributed by atoms with Crippen molar-refractivity contribution in [3.8, 4) is 11.5 Å². The molecule has 1 aromatic rings. The van der Waals surface area contributed by atoms with Crippen molar-refractivity contribution in [2.75, 3.05) is 6.61 Å². The second kappa shape index (κ2) is 4.24. The van der Waals surface area contributed by atoms with Gasteiger partial charge in [-0.05, 0) is 11.6 Å². The summed E-state index contributed by atoms with van der Waals surface area (Å²) >= 11 is 0. The van der Waals surface area contributed by atoms with Crippen molar-refractivity contribution in [3.05, 3.63) is 34.2 Å². The van der Waals surface area contributed by atoms with Gasteiger partial charge in [-0.1, -0.05) is 11.2 Å².